The topological polar surface area (TPSA) is 32.3 Å². The lowest BCUT2D eigenvalue weighted by molar-refractivity contribution is -0.137. The number of rotatable bonds is 4. The zero-order valence-corrected chi connectivity index (χ0v) is 15.8. The van der Waals surface area contributed by atoms with Gasteiger partial charge in [-0.05, 0) is 53.1 Å². The average Bonchev–Trinajstić information content (AvgIpc) is 2.47. The van der Waals surface area contributed by atoms with Crippen LogP contribution in [0.3, 0.4) is 0 Å². The summed E-state index contributed by atoms with van der Waals surface area (Å²) in [5.74, 6) is 0.681. The van der Waals surface area contributed by atoms with Crippen molar-refractivity contribution in [2.24, 2.45) is 11.3 Å². The Balaban J connectivity index is 2.13. The molecule has 1 amide bonds. The van der Waals surface area contributed by atoms with E-state index in [-0.39, 0.29) is 23.3 Å². The van der Waals surface area contributed by atoms with Crippen LogP contribution in [-0.2, 0) is 4.79 Å². The second-order valence-corrected chi connectivity index (χ2v) is 8.13. The zero-order valence-electron chi connectivity index (χ0n) is 14.3. The fraction of sp³-hybridized carbons (Fsp3) is 0.611. The molecule has 1 aromatic rings. The summed E-state index contributed by atoms with van der Waals surface area (Å²) in [5.41, 5.74) is 1.30. The van der Waals surface area contributed by atoms with Crippen LogP contribution in [0.5, 0.6) is 0 Å². The third kappa shape index (κ3) is 4.20. The molecule has 128 valence electrons. The molecule has 1 saturated heterocycles. The Labute approximate surface area is 149 Å². The van der Waals surface area contributed by atoms with Crippen LogP contribution in [0.25, 0.3) is 0 Å². The first-order valence-electron chi connectivity index (χ1n) is 8.16. The third-order valence-corrected chi connectivity index (χ3v) is 5.35. The van der Waals surface area contributed by atoms with E-state index in [9.17, 15) is 4.79 Å². The minimum absolute atomic E-state index is 0.00951. The maximum Gasteiger partial charge on any atom is 0.241 e. The summed E-state index contributed by atoms with van der Waals surface area (Å²) in [5, 5.41) is 0.757. The van der Waals surface area contributed by atoms with Crippen LogP contribution in [0.2, 0.25) is 5.02 Å². The first-order valence-corrected chi connectivity index (χ1v) is 8.92. The molecule has 0 aliphatic carbocycles. The van der Waals surface area contributed by atoms with E-state index in [0.29, 0.717) is 5.92 Å². The number of benzene rings is 1. The van der Waals surface area contributed by atoms with Gasteiger partial charge in [0.2, 0.25) is 5.91 Å². The number of hydrogen-bond acceptors (Lipinski definition) is 2. The van der Waals surface area contributed by atoms with Gasteiger partial charge in [0.05, 0.1) is 0 Å². The van der Waals surface area contributed by atoms with Crippen molar-refractivity contribution in [3.8, 4) is 0 Å². The average molecular weight is 357 g/mol. The molecule has 2 atom stereocenters. The van der Waals surface area contributed by atoms with Crippen molar-refractivity contribution in [3.63, 3.8) is 0 Å². The van der Waals surface area contributed by atoms with Crippen molar-refractivity contribution in [2.75, 3.05) is 13.1 Å². The van der Waals surface area contributed by atoms with Crippen molar-refractivity contribution in [3.05, 3.63) is 34.9 Å². The molecule has 1 aliphatic rings. The van der Waals surface area contributed by atoms with Crippen LogP contribution >= 0.6 is 23.4 Å². The van der Waals surface area contributed by atoms with E-state index >= 15 is 0 Å². The SMILES string of the molecule is CC(C)C(NCl)C(=O)N1CCC(c2ccc(Cl)cc2)C(C)(C)C1. The molecule has 0 bridgehead atoms. The molecule has 1 aliphatic heterocycles. The molecule has 23 heavy (non-hydrogen) atoms. The summed E-state index contributed by atoms with van der Waals surface area (Å²) in [6.45, 7) is 9.96. The van der Waals surface area contributed by atoms with Crippen molar-refractivity contribution in [2.45, 2.75) is 46.1 Å². The molecule has 0 radical (unpaired) electrons. The Bertz CT molecular complexity index is 542. The number of amides is 1. The van der Waals surface area contributed by atoms with E-state index < -0.39 is 0 Å². The second kappa shape index (κ2) is 7.42. The number of halogens is 2. The van der Waals surface area contributed by atoms with Crippen molar-refractivity contribution >= 4 is 29.3 Å². The van der Waals surface area contributed by atoms with Crippen LogP contribution in [0.15, 0.2) is 24.3 Å². The fourth-order valence-corrected chi connectivity index (χ4v) is 3.98. The van der Waals surface area contributed by atoms with Crippen LogP contribution in [0, 0.1) is 11.3 Å². The van der Waals surface area contributed by atoms with Gasteiger partial charge in [-0.2, -0.15) is 0 Å². The number of carbonyl (C=O) groups excluding carboxylic acids is 1. The number of likely N-dealkylation sites (tertiary alicyclic amines) is 1. The summed E-state index contributed by atoms with van der Waals surface area (Å²) in [6, 6.07) is 7.75. The molecule has 1 aromatic carbocycles. The molecule has 0 spiro atoms. The largest absolute Gasteiger partial charge is 0.341 e. The predicted octanol–water partition coefficient (Wildman–Crippen LogP) is 4.45. The summed E-state index contributed by atoms with van der Waals surface area (Å²) < 4.78 is 0. The zero-order chi connectivity index (χ0) is 17.2. The maximum absolute atomic E-state index is 12.7. The van der Waals surface area contributed by atoms with Crippen LogP contribution in [-0.4, -0.2) is 29.9 Å². The summed E-state index contributed by atoms with van der Waals surface area (Å²) in [6.07, 6.45) is 0.952. The van der Waals surface area contributed by atoms with E-state index in [2.05, 4.69) is 30.8 Å². The molecule has 2 rings (SSSR count). The second-order valence-electron chi connectivity index (χ2n) is 7.47. The molecule has 0 saturated carbocycles. The standard InChI is InChI=1S/C18H26Cl2N2O/c1-12(2)16(21-20)17(23)22-10-9-15(18(3,4)11-22)13-5-7-14(19)8-6-13/h5-8,12,15-16,21H,9-11H2,1-4H3. The summed E-state index contributed by atoms with van der Waals surface area (Å²) in [7, 11) is 0. The van der Waals surface area contributed by atoms with Gasteiger partial charge in [0.1, 0.15) is 6.04 Å². The van der Waals surface area contributed by atoms with Crippen LogP contribution in [0.4, 0.5) is 0 Å². The molecule has 1 fully saturated rings. The highest BCUT2D eigenvalue weighted by Gasteiger charge is 2.40. The molecule has 3 nitrogen and oxygen atoms in total. The highest BCUT2D eigenvalue weighted by Crippen LogP contribution is 2.42. The van der Waals surface area contributed by atoms with Gasteiger partial charge >= 0.3 is 0 Å². The monoisotopic (exact) mass is 356 g/mol. The van der Waals surface area contributed by atoms with E-state index in [1.54, 1.807) is 0 Å². The molecule has 2 unspecified atom stereocenters. The number of nitrogens with zero attached hydrogens (tertiary/aromatic N) is 1. The highest BCUT2D eigenvalue weighted by atomic mass is 35.5. The predicted molar refractivity (Wildman–Crippen MR) is 96.8 cm³/mol. The third-order valence-electron chi connectivity index (χ3n) is 4.86. The number of hydrogen-bond donors (Lipinski definition) is 1. The van der Waals surface area contributed by atoms with E-state index in [1.807, 2.05) is 30.9 Å². The van der Waals surface area contributed by atoms with Gasteiger partial charge in [-0.25, -0.2) is 4.84 Å². The lowest BCUT2D eigenvalue weighted by Crippen LogP contribution is -2.53. The quantitative estimate of drug-likeness (QED) is 0.808. The summed E-state index contributed by atoms with van der Waals surface area (Å²) in [4.78, 5) is 17.3. The Morgan fingerprint density at radius 2 is 1.91 bits per heavy atom. The molecule has 1 heterocycles. The Morgan fingerprint density at radius 1 is 1.30 bits per heavy atom. The molecule has 5 heteroatoms. The Morgan fingerprint density at radius 3 is 2.39 bits per heavy atom. The first kappa shape index (κ1) is 18.6. The van der Waals surface area contributed by atoms with Gasteiger partial charge in [-0.1, -0.05) is 51.4 Å². The summed E-state index contributed by atoms with van der Waals surface area (Å²) >= 11 is 11.8. The lowest BCUT2D eigenvalue weighted by atomic mass is 9.70. The minimum Gasteiger partial charge on any atom is -0.341 e. The Kier molecular flexibility index (Phi) is 5.99. The van der Waals surface area contributed by atoms with Gasteiger partial charge in [-0.15, -0.1) is 0 Å². The van der Waals surface area contributed by atoms with Gasteiger partial charge in [-0.3, -0.25) is 4.79 Å². The highest BCUT2D eigenvalue weighted by molar-refractivity contribution is 6.30. The van der Waals surface area contributed by atoms with Gasteiger partial charge < -0.3 is 4.90 Å². The Hall–Kier alpha value is -0.770. The van der Waals surface area contributed by atoms with E-state index in [1.165, 1.54) is 5.56 Å². The van der Waals surface area contributed by atoms with Crippen molar-refractivity contribution in [1.29, 1.82) is 0 Å². The van der Waals surface area contributed by atoms with E-state index in [4.69, 9.17) is 23.4 Å². The number of carbonyl (C=O) groups is 1. The maximum atomic E-state index is 12.7. The minimum atomic E-state index is -0.334. The fourth-order valence-electron chi connectivity index (χ4n) is 3.51. The van der Waals surface area contributed by atoms with Crippen molar-refractivity contribution in [1.82, 2.24) is 9.74 Å². The molecular weight excluding hydrogens is 331 g/mol. The lowest BCUT2D eigenvalue weighted by Gasteiger charge is -2.45. The van der Waals surface area contributed by atoms with E-state index in [0.717, 1.165) is 24.5 Å². The number of piperidine rings is 1. The first-order chi connectivity index (χ1) is 10.8. The number of nitrogens with one attached hydrogen (secondary N) is 1. The molecule has 1 N–H and O–H groups in total. The van der Waals surface area contributed by atoms with Crippen LogP contribution < -0.4 is 4.84 Å². The van der Waals surface area contributed by atoms with Crippen LogP contribution in [0.1, 0.15) is 45.6 Å². The molecule has 0 aromatic heterocycles. The van der Waals surface area contributed by atoms with Gasteiger partial charge in [0, 0.05) is 18.1 Å². The normalized spacial score (nSPS) is 22.2. The van der Waals surface area contributed by atoms with Gasteiger partial charge in [0.25, 0.3) is 0 Å². The smallest absolute Gasteiger partial charge is 0.241 e. The van der Waals surface area contributed by atoms with Crippen molar-refractivity contribution < 1.29 is 4.79 Å². The molecular formula is C18H26Cl2N2O. The van der Waals surface area contributed by atoms with Gasteiger partial charge in [0.15, 0.2) is 0 Å².